The minimum Gasteiger partial charge on any atom is -0.452 e. The number of Topliss-reactive ketones (excluding diaryl/α,β-unsaturated/α-hetero) is 1. The van der Waals surface area contributed by atoms with Crippen LogP contribution in [0, 0.1) is 0 Å². The van der Waals surface area contributed by atoms with Crippen LogP contribution in [0.15, 0.2) is 83.7 Å². The number of aryl methyl sites for hydroxylation is 2. The Bertz CT molecular complexity index is 1650. The Morgan fingerprint density at radius 3 is 2.20 bits per heavy atom. The number of para-hydroxylation sites is 1. The molecule has 0 spiro atoms. The van der Waals surface area contributed by atoms with Crippen LogP contribution >= 0.6 is 0 Å². The first-order valence-electron chi connectivity index (χ1n) is 11.3. The minimum atomic E-state index is -0.759. The zero-order valence-electron chi connectivity index (χ0n) is 19.4. The van der Waals surface area contributed by atoms with Crippen molar-refractivity contribution in [2.75, 3.05) is 6.61 Å². The molecule has 0 bridgehead atoms. The van der Waals surface area contributed by atoms with Crippen LogP contribution < -0.4 is 5.56 Å². The smallest absolute Gasteiger partial charge is 0.359 e. The summed E-state index contributed by atoms with van der Waals surface area (Å²) < 4.78 is 8.65. The summed E-state index contributed by atoms with van der Waals surface area (Å²) in [5, 5.41) is 5.65. The molecule has 7 heteroatoms. The van der Waals surface area contributed by atoms with Crippen molar-refractivity contribution in [2.45, 2.75) is 13.5 Å². The molecule has 0 unspecified atom stereocenters. The van der Waals surface area contributed by atoms with E-state index in [0.717, 1.165) is 26.8 Å². The number of ketones is 1. The lowest BCUT2D eigenvalue weighted by atomic mass is 10.0. The molecule has 174 valence electrons. The van der Waals surface area contributed by atoms with Crippen molar-refractivity contribution >= 4 is 33.4 Å². The second-order valence-corrected chi connectivity index (χ2v) is 8.17. The van der Waals surface area contributed by atoms with Gasteiger partial charge < -0.3 is 9.30 Å². The van der Waals surface area contributed by atoms with E-state index in [1.54, 1.807) is 24.3 Å². The van der Waals surface area contributed by atoms with Crippen LogP contribution in [0.4, 0.5) is 0 Å². The molecule has 0 aliphatic carbocycles. The Kier molecular flexibility index (Phi) is 5.74. The Labute approximate surface area is 201 Å². The van der Waals surface area contributed by atoms with Crippen LogP contribution in [-0.2, 0) is 18.3 Å². The lowest BCUT2D eigenvalue weighted by Crippen LogP contribution is -2.24. The highest BCUT2D eigenvalue weighted by atomic mass is 16.5. The highest BCUT2D eigenvalue weighted by Crippen LogP contribution is 2.34. The maximum atomic E-state index is 13.5. The summed E-state index contributed by atoms with van der Waals surface area (Å²) in [6, 6.07) is 24.1. The number of hydrogen-bond donors (Lipinski definition) is 0. The van der Waals surface area contributed by atoms with Gasteiger partial charge in [0.1, 0.15) is 0 Å². The first-order chi connectivity index (χ1) is 17.0. The molecule has 5 rings (SSSR count). The van der Waals surface area contributed by atoms with Gasteiger partial charge in [0.25, 0.3) is 5.56 Å². The van der Waals surface area contributed by atoms with Gasteiger partial charge in [0.2, 0.25) is 5.78 Å². The number of nitrogens with zero attached hydrogens (tertiary/aromatic N) is 3. The third-order valence-electron chi connectivity index (χ3n) is 6.10. The number of carbonyl (C=O) groups excluding carboxylic acids is 2. The van der Waals surface area contributed by atoms with Gasteiger partial charge in [-0.05, 0) is 24.6 Å². The molecule has 3 aromatic carbocycles. The summed E-state index contributed by atoms with van der Waals surface area (Å²) in [5.74, 6) is -1.07. The van der Waals surface area contributed by atoms with Gasteiger partial charge in [-0.3, -0.25) is 9.59 Å². The van der Waals surface area contributed by atoms with E-state index in [1.807, 2.05) is 61.5 Å². The van der Waals surface area contributed by atoms with Crippen LogP contribution in [0.3, 0.4) is 0 Å². The largest absolute Gasteiger partial charge is 0.452 e. The fourth-order valence-corrected chi connectivity index (χ4v) is 4.53. The predicted molar refractivity (Wildman–Crippen MR) is 135 cm³/mol. The number of fused-ring (bicyclic) bond motifs is 2. The number of hydrogen-bond acceptors (Lipinski definition) is 5. The van der Waals surface area contributed by atoms with E-state index >= 15 is 0 Å². The second-order valence-electron chi connectivity index (χ2n) is 8.17. The number of benzene rings is 3. The van der Waals surface area contributed by atoms with Gasteiger partial charge in [0.05, 0.1) is 16.6 Å². The maximum Gasteiger partial charge on any atom is 0.359 e. The highest BCUT2D eigenvalue weighted by molar-refractivity contribution is 6.15. The van der Waals surface area contributed by atoms with Crippen molar-refractivity contribution in [3.63, 3.8) is 0 Å². The first kappa shape index (κ1) is 22.3. The van der Waals surface area contributed by atoms with Crippen molar-refractivity contribution in [1.29, 1.82) is 0 Å². The zero-order chi connectivity index (χ0) is 24.5. The van der Waals surface area contributed by atoms with Gasteiger partial charge in [0.15, 0.2) is 12.3 Å². The zero-order valence-corrected chi connectivity index (χ0v) is 19.4. The quantitative estimate of drug-likeness (QED) is 0.270. The summed E-state index contributed by atoms with van der Waals surface area (Å²) in [7, 11) is 1.47. The summed E-state index contributed by atoms with van der Waals surface area (Å²) in [6.07, 6.45) is 0. The third kappa shape index (κ3) is 3.81. The molecule has 0 atom stereocenters. The maximum absolute atomic E-state index is 13.5. The number of aromatic nitrogens is 3. The average molecular weight is 466 g/mol. The van der Waals surface area contributed by atoms with Gasteiger partial charge >= 0.3 is 5.97 Å². The standard InChI is InChI=1S/C28H23N3O4/c1-3-31-22-16-10-9-15-21(22)24(26(31)18-11-5-4-6-12-18)23(32)17-35-28(34)25-19-13-7-8-14-20(19)27(33)30(2)29-25/h4-16H,3,17H2,1-2H3. The molecule has 0 fully saturated rings. The summed E-state index contributed by atoms with van der Waals surface area (Å²) in [4.78, 5) is 38.9. The minimum absolute atomic E-state index is 0.00484. The van der Waals surface area contributed by atoms with Crippen molar-refractivity contribution in [2.24, 2.45) is 7.05 Å². The second kappa shape index (κ2) is 9.02. The van der Waals surface area contributed by atoms with E-state index in [4.69, 9.17) is 4.74 Å². The lowest BCUT2D eigenvalue weighted by Gasteiger charge is -2.11. The van der Waals surface area contributed by atoms with Gasteiger partial charge in [-0.15, -0.1) is 0 Å². The van der Waals surface area contributed by atoms with E-state index in [2.05, 4.69) is 9.67 Å². The summed E-state index contributed by atoms with van der Waals surface area (Å²) in [5.41, 5.74) is 2.84. The van der Waals surface area contributed by atoms with Crippen LogP contribution in [0.2, 0.25) is 0 Å². The first-order valence-corrected chi connectivity index (χ1v) is 11.3. The number of ether oxygens (including phenoxy) is 1. The van der Waals surface area contributed by atoms with E-state index < -0.39 is 12.6 Å². The van der Waals surface area contributed by atoms with E-state index in [0.29, 0.717) is 22.9 Å². The average Bonchev–Trinajstić information content (AvgIpc) is 3.24. The van der Waals surface area contributed by atoms with E-state index in [9.17, 15) is 14.4 Å². The molecule has 7 nitrogen and oxygen atoms in total. The number of rotatable bonds is 6. The fourth-order valence-electron chi connectivity index (χ4n) is 4.53. The molecule has 2 aromatic heterocycles. The van der Waals surface area contributed by atoms with Crippen LogP contribution in [-0.4, -0.2) is 32.7 Å². The fraction of sp³-hybridized carbons (Fsp3) is 0.143. The van der Waals surface area contributed by atoms with Crippen molar-refractivity contribution in [3.05, 3.63) is 100 Å². The van der Waals surface area contributed by atoms with Gasteiger partial charge in [-0.2, -0.15) is 5.10 Å². The van der Waals surface area contributed by atoms with E-state index in [-0.39, 0.29) is 17.0 Å². The molecule has 0 aliphatic rings. The SMILES string of the molecule is CCn1c(-c2ccccc2)c(C(=O)COC(=O)c2nn(C)c(=O)c3ccccc23)c2ccccc21. The highest BCUT2D eigenvalue weighted by Gasteiger charge is 2.25. The molecule has 0 radical (unpaired) electrons. The topological polar surface area (TPSA) is 83.2 Å². The molecule has 0 saturated carbocycles. The molecule has 0 aliphatic heterocycles. The molecule has 0 amide bonds. The summed E-state index contributed by atoms with van der Waals surface area (Å²) >= 11 is 0. The van der Waals surface area contributed by atoms with Crippen LogP contribution in [0.25, 0.3) is 32.9 Å². The molecule has 0 saturated heterocycles. The van der Waals surface area contributed by atoms with Gasteiger partial charge in [-0.25, -0.2) is 9.48 Å². The van der Waals surface area contributed by atoms with Crippen molar-refractivity contribution in [3.8, 4) is 11.3 Å². The molecular formula is C28H23N3O4. The Balaban J connectivity index is 1.53. The number of carbonyl (C=O) groups is 2. The van der Waals surface area contributed by atoms with Crippen molar-refractivity contribution < 1.29 is 14.3 Å². The van der Waals surface area contributed by atoms with Crippen LogP contribution in [0.5, 0.6) is 0 Å². The molecule has 0 N–H and O–H groups in total. The third-order valence-corrected chi connectivity index (χ3v) is 6.10. The Morgan fingerprint density at radius 1 is 0.857 bits per heavy atom. The van der Waals surface area contributed by atoms with Crippen LogP contribution in [0.1, 0.15) is 27.8 Å². The summed E-state index contributed by atoms with van der Waals surface area (Å²) in [6.45, 7) is 2.25. The molecule has 35 heavy (non-hydrogen) atoms. The Hall–Kier alpha value is -4.52. The molecule has 2 heterocycles. The lowest BCUT2D eigenvalue weighted by molar-refractivity contribution is 0.0469. The van der Waals surface area contributed by atoms with E-state index in [1.165, 1.54) is 7.05 Å². The normalized spacial score (nSPS) is 11.1. The molecule has 5 aromatic rings. The monoisotopic (exact) mass is 465 g/mol. The predicted octanol–water partition coefficient (Wildman–Crippen LogP) is 4.61. The number of esters is 1. The van der Waals surface area contributed by atoms with Gasteiger partial charge in [-0.1, -0.05) is 66.7 Å². The van der Waals surface area contributed by atoms with Gasteiger partial charge in [0, 0.05) is 29.9 Å². The van der Waals surface area contributed by atoms with Crippen molar-refractivity contribution in [1.82, 2.24) is 14.3 Å². The molecular weight excluding hydrogens is 442 g/mol. The Morgan fingerprint density at radius 2 is 1.49 bits per heavy atom.